The summed E-state index contributed by atoms with van der Waals surface area (Å²) in [5.74, 6) is -2.65. The summed E-state index contributed by atoms with van der Waals surface area (Å²) in [6.45, 7) is 0.806. The molecule has 1 saturated carbocycles. The number of carbonyl (C=O) groups is 1. The van der Waals surface area contributed by atoms with Crippen molar-refractivity contribution in [1.82, 2.24) is 19.4 Å². The minimum Gasteiger partial charge on any atom is -0.446 e. The van der Waals surface area contributed by atoms with E-state index in [-0.39, 0.29) is 24.6 Å². The summed E-state index contributed by atoms with van der Waals surface area (Å²) in [6, 6.07) is 1.77. The van der Waals surface area contributed by atoms with E-state index in [9.17, 15) is 13.6 Å². The molecule has 0 bridgehead atoms. The Hall–Kier alpha value is -2.78. The second kappa shape index (κ2) is 6.68. The van der Waals surface area contributed by atoms with Crippen molar-refractivity contribution in [2.75, 3.05) is 13.1 Å². The van der Waals surface area contributed by atoms with Gasteiger partial charge in [0, 0.05) is 13.5 Å². The number of hydrogen-bond donors (Lipinski definition) is 3. The second-order valence-electron chi connectivity index (χ2n) is 7.54. The summed E-state index contributed by atoms with van der Waals surface area (Å²) >= 11 is 0. The van der Waals surface area contributed by atoms with Gasteiger partial charge in [-0.2, -0.15) is 0 Å². The molecule has 4 rings (SSSR count). The van der Waals surface area contributed by atoms with E-state index in [0.29, 0.717) is 24.0 Å². The van der Waals surface area contributed by atoms with E-state index in [1.54, 1.807) is 16.8 Å². The molecule has 3 N–H and O–H groups in total. The molecule has 2 aliphatic rings. The molecule has 2 aromatic rings. The number of hydrogen-bond acceptors (Lipinski definition) is 5. The molecule has 1 amide bonds. The van der Waals surface area contributed by atoms with Gasteiger partial charge in [-0.1, -0.05) is 13.3 Å². The summed E-state index contributed by atoms with van der Waals surface area (Å²) in [6.07, 6.45) is 3.77. The van der Waals surface area contributed by atoms with Gasteiger partial charge in [0.15, 0.2) is 5.65 Å². The minimum absolute atomic E-state index is 0. The smallest absolute Gasteiger partial charge is 0.410 e. The fourth-order valence-corrected chi connectivity index (χ4v) is 4.19. The maximum atomic E-state index is 13.0. The molecule has 0 unspecified atom stereocenters. The highest BCUT2D eigenvalue weighted by Crippen LogP contribution is 2.38. The normalized spacial score (nSPS) is 26.2. The van der Waals surface area contributed by atoms with Gasteiger partial charge in [-0.25, -0.2) is 18.6 Å². The van der Waals surface area contributed by atoms with Crippen LogP contribution in [0.5, 0.6) is 0 Å². The molecular weight excluding hydrogens is 370 g/mol. The number of halogens is 2. The van der Waals surface area contributed by atoms with E-state index >= 15 is 0 Å². The number of alkyl halides is 2. The number of likely N-dealkylation sites (tertiary alicyclic amines) is 1. The maximum absolute atomic E-state index is 13.0. The molecule has 3 atom stereocenters. The number of fused-ring (bicyclic) bond motifs is 1. The van der Waals surface area contributed by atoms with Crippen LogP contribution in [-0.4, -0.2) is 56.5 Å². The number of nitrogens with one attached hydrogen (secondary N) is 3. The van der Waals surface area contributed by atoms with Gasteiger partial charge in [0.05, 0.1) is 24.8 Å². The number of amides is 1. The molecule has 1 aliphatic heterocycles. The standard InChI is InChI=1S/C18H22F2N6O2.H2/c1-2-10-5-11(28-17(27)25-8-18(19,20)9-25)6-12(10)15(22)26-13-3-4-23-16(13)24-7-14(26)21;/h3-4,7,10-12,21-23H,2,5-6,8-9H2,1H3;1H/t10-,11-,12+;/m1./s1. The van der Waals surface area contributed by atoms with Crippen LogP contribution in [0.15, 0.2) is 18.5 Å². The van der Waals surface area contributed by atoms with Crippen LogP contribution in [-0.2, 0) is 4.74 Å². The highest BCUT2D eigenvalue weighted by molar-refractivity contribution is 5.91. The summed E-state index contributed by atoms with van der Waals surface area (Å²) in [5.41, 5.74) is 1.35. The first-order valence-electron chi connectivity index (χ1n) is 9.31. The van der Waals surface area contributed by atoms with Crippen molar-refractivity contribution in [3.63, 3.8) is 0 Å². The maximum Gasteiger partial charge on any atom is 0.410 e. The summed E-state index contributed by atoms with van der Waals surface area (Å²) in [5, 5.41) is 16.9. The fourth-order valence-electron chi connectivity index (χ4n) is 4.19. The summed E-state index contributed by atoms with van der Waals surface area (Å²) in [7, 11) is 0. The topological polar surface area (TPSA) is 111 Å². The van der Waals surface area contributed by atoms with Gasteiger partial charge in [0.1, 0.15) is 17.4 Å². The first-order valence-corrected chi connectivity index (χ1v) is 9.31. The zero-order valence-corrected chi connectivity index (χ0v) is 15.4. The van der Waals surface area contributed by atoms with Gasteiger partial charge in [-0.3, -0.25) is 20.3 Å². The molecule has 2 aromatic heterocycles. The fraction of sp³-hybridized carbons (Fsp3) is 0.556. The third-order valence-electron chi connectivity index (χ3n) is 5.64. The molecule has 152 valence electrons. The Labute approximate surface area is 161 Å². The van der Waals surface area contributed by atoms with Crippen molar-refractivity contribution in [1.29, 1.82) is 10.8 Å². The van der Waals surface area contributed by atoms with Gasteiger partial charge in [-0.05, 0) is 24.8 Å². The molecule has 3 heterocycles. The molecule has 0 aromatic carbocycles. The summed E-state index contributed by atoms with van der Waals surface area (Å²) in [4.78, 5) is 20.2. The Morgan fingerprint density at radius 1 is 1.46 bits per heavy atom. The lowest BCUT2D eigenvalue weighted by molar-refractivity contribution is -0.122. The Balaban J connectivity index is 0.00000240. The number of H-pyrrole nitrogens is 1. The van der Waals surface area contributed by atoms with Crippen molar-refractivity contribution in [3.8, 4) is 0 Å². The van der Waals surface area contributed by atoms with E-state index < -0.39 is 31.2 Å². The molecule has 10 heteroatoms. The zero-order chi connectivity index (χ0) is 20.1. The lowest BCUT2D eigenvalue weighted by Crippen LogP contribution is -2.58. The average molecular weight is 394 g/mol. The number of aromatic amines is 1. The molecule has 28 heavy (non-hydrogen) atoms. The monoisotopic (exact) mass is 394 g/mol. The van der Waals surface area contributed by atoms with Crippen molar-refractivity contribution in [3.05, 3.63) is 23.9 Å². The molecular formula is C18H24F2N6O2. The lowest BCUT2D eigenvalue weighted by atomic mass is 9.92. The molecule has 8 nitrogen and oxygen atoms in total. The Morgan fingerprint density at radius 2 is 2.21 bits per heavy atom. The van der Waals surface area contributed by atoms with E-state index in [0.717, 1.165) is 11.3 Å². The van der Waals surface area contributed by atoms with E-state index in [2.05, 4.69) is 9.97 Å². The van der Waals surface area contributed by atoms with Crippen LogP contribution in [0.3, 0.4) is 0 Å². The van der Waals surface area contributed by atoms with E-state index in [1.807, 2.05) is 6.92 Å². The molecule has 0 spiro atoms. The Kier molecular flexibility index (Phi) is 4.43. The van der Waals surface area contributed by atoms with Gasteiger partial charge in [0.2, 0.25) is 0 Å². The van der Waals surface area contributed by atoms with Gasteiger partial charge >= 0.3 is 6.09 Å². The molecule has 0 radical (unpaired) electrons. The van der Waals surface area contributed by atoms with Crippen LogP contribution >= 0.6 is 0 Å². The van der Waals surface area contributed by atoms with Crippen molar-refractivity contribution in [2.24, 2.45) is 11.8 Å². The van der Waals surface area contributed by atoms with Crippen molar-refractivity contribution < 1.29 is 19.7 Å². The Morgan fingerprint density at radius 3 is 2.89 bits per heavy atom. The van der Waals surface area contributed by atoms with Crippen LogP contribution in [0.2, 0.25) is 0 Å². The number of rotatable bonds is 3. The summed E-state index contributed by atoms with van der Waals surface area (Å²) < 4.78 is 32.9. The van der Waals surface area contributed by atoms with Crippen LogP contribution in [0.4, 0.5) is 13.6 Å². The largest absolute Gasteiger partial charge is 0.446 e. The predicted octanol–water partition coefficient (Wildman–Crippen LogP) is 2.81. The zero-order valence-electron chi connectivity index (χ0n) is 15.4. The van der Waals surface area contributed by atoms with Crippen LogP contribution in [0, 0.1) is 22.7 Å². The lowest BCUT2D eigenvalue weighted by Gasteiger charge is -2.38. The highest BCUT2D eigenvalue weighted by atomic mass is 19.3. The number of ether oxygens (including phenoxy) is 1. The van der Waals surface area contributed by atoms with Crippen LogP contribution < -0.4 is 5.49 Å². The quantitative estimate of drug-likeness (QED) is 0.550. The molecule has 1 aliphatic carbocycles. The Bertz CT molecular complexity index is 982. The van der Waals surface area contributed by atoms with E-state index in [1.165, 1.54) is 6.20 Å². The third-order valence-corrected chi connectivity index (χ3v) is 5.64. The first-order chi connectivity index (χ1) is 13.3. The molecule has 2 fully saturated rings. The third kappa shape index (κ3) is 3.16. The van der Waals surface area contributed by atoms with Crippen molar-refractivity contribution in [2.45, 2.75) is 38.2 Å². The highest BCUT2D eigenvalue weighted by Gasteiger charge is 2.48. The van der Waals surface area contributed by atoms with Crippen LogP contribution in [0.1, 0.15) is 27.6 Å². The first kappa shape index (κ1) is 18.6. The second-order valence-corrected chi connectivity index (χ2v) is 7.54. The molecule has 1 saturated heterocycles. The van der Waals surface area contributed by atoms with Crippen molar-refractivity contribution >= 4 is 23.1 Å². The van der Waals surface area contributed by atoms with E-state index in [4.69, 9.17) is 15.6 Å². The average Bonchev–Trinajstić information content (AvgIpc) is 3.25. The number of carbonyl (C=O) groups excluding carboxylic acids is 1. The van der Waals surface area contributed by atoms with Gasteiger partial charge < -0.3 is 9.72 Å². The van der Waals surface area contributed by atoms with Gasteiger partial charge in [0.25, 0.3) is 5.92 Å². The minimum atomic E-state index is -2.82. The predicted molar refractivity (Wildman–Crippen MR) is 98.5 cm³/mol. The number of nitrogens with zero attached hydrogens (tertiary/aromatic N) is 3. The number of aromatic nitrogens is 3. The van der Waals surface area contributed by atoms with Crippen LogP contribution in [0.25, 0.3) is 11.2 Å². The SMILES string of the molecule is CC[C@@H]1C[C@@H](OC(=O)N2CC(F)(F)C2)C[C@@H]1C(=N)n1c(=N)cnc2[nH]ccc21.[HH]. The van der Waals surface area contributed by atoms with Gasteiger partial charge in [-0.15, -0.1) is 0 Å².